The zero-order valence-corrected chi connectivity index (χ0v) is 27.0. The minimum atomic E-state index is -4.74. The van der Waals surface area contributed by atoms with E-state index in [0.717, 1.165) is 26.1 Å². The molecule has 1 aliphatic heterocycles. The van der Waals surface area contributed by atoms with E-state index in [2.05, 4.69) is 20.2 Å². The number of ether oxygens (including phenoxy) is 1. The van der Waals surface area contributed by atoms with Crippen molar-refractivity contribution in [3.63, 3.8) is 0 Å². The van der Waals surface area contributed by atoms with E-state index in [0.29, 0.717) is 5.56 Å². The van der Waals surface area contributed by atoms with Crippen molar-refractivity contribution >= 4 is 40.5 Å². The first kappa shape index (κ1) is 34.9. The van der Waals surface area contributed by atoms with Crippen molar-refractivity contribution in [1.82, 2.24) is 34.2 Å². The van der Waals surface area contributed by atoms with Crippen LogP contribution < -0.4 is 11.1 Å². The quantitative estimate of drug-likeness (QED) is 0.220. The number of aliphatic imine (C=N–C) groups is 1. The van der Waals surface area contributed by atoms with Gasteiger partial charge in [0.05, 0.1) is 22.9 Å². The van der Waals surface area contributed by atoms with Gasteiger partial charge in [-0.1, -0.05) is 29.8 Å². The average Bonchev–Trinajstić information content (AvgIpc) is 3.37. The predicted octanol–water partition coefficient (Wildman–Crippen LogP) is 4.76. The molecule has 0 bridgehead atoms. The van der Waals surface area contributed by atoms with Crippen LogP contribution in [0.25, 0.3) is 16.8 Å². The van der Waals surface area contributed by atoms with Gasteiger partial charge >= 0.3 is 12.3 Å². The van der Waals surface area contributed by atoms with Crippen molar-refractivity contribution in [2.24, 2.45) is 10.7 Å². The van der Waals surface area contributed by atoms with Crippen LogP contribution in [-0.2, 0) is 20.5 Å². The lowest BCUT2D eigenvalue weighted by atomic mass is 10.0. The number of nitrogens with zero attached hydrogens (tertiary/aromatic N) is 7. The molecular formula is C29H24ClF6N9O4S. The van der Waals surface area contributed by atoms with E-state index in [1.54, 1.807) is 0 Å². The molecule has 2 aliphatic rings. The minimum absolute atomic E-state index is 0.0624. The van der Waals surface area contributed by atoms with E-state index in [4.69, 9.17) is 22.1 Å². The highest BCUT2D eigenvalue weighted by molar-refractivity contribution is 7.82. The highest BCUT2D eigenvalue weighted by Gasteiger charge is 2.64. The van der Waals surface area contributed by atoms with Gasteiger partial charge in [0.15, 0.2) is 17.8 Å². The van der Waals surface area contributed by atoms with Crippen LogP contribution in [0, 0.1) is 5.82 Å². The number of halogens is 7. The number of rotatable bonds is 10. The molecule has 1 saturated carbocycles. The fourth-order valence-electron chi connectivity index (χ4n) is 5.34. The third-order valence-electron chi connectivity index (χ3n) is 8.09. The number of benzene rings is 2. The number of aromatic nitrogens is 5. The molecule has 50 heavy (non-hydrogen) atoms. The summed E-state index contributed by atoms with van der Waals surface area (Å²) in [5.41, 5.74) is 4.14. The summed E-state index contributed by atoms with van der Waals surface area (Å²) in [6.07, 6.45) is -5.04. The van der Waals surface area contributed by atoms with Gasteiger partial charge in [0.2, 0.25) is 0 Å². The number of hydrogen-bond donors (Lipinski definition) is 2. The van der Waals surface area contributed by atoms with E-state index in [-0.39, 0.29) is 40.2 Å². The molecule has 6 rings (SSSR count). The second-order valence-electron chi connectivity index (χ2n) is 11.3. The van der Waals surface area contributed by atoms with Crippen molar-refractivity contribution in [2.75, 3.05) is 12.9 Å². The maximum absolute atomic E-state index is 15.3. The van der Waals surface area contributed by atoms with Gasteiger partial charge in [-0.15, -0.1) is 0 Å². The first-order valence-corrected chi connectivity index (χ1v) is 16.3. The highest BCUT2D eigenvalue weighted by Crippen LogP contribution is 2.49. The third-order valence-corrected chi connectivity index (χ3v) is 9.14. The summed E-state index contributed by atoms with van der Waals surface area (Å²) in [6.45, 7) is -0.787. The molecular weight excluding hydrogens is 720 g/mol. The lowest BCUT2D eigenvalue weighted by molar-refractivity contribution is -0.164. The number of alkyl carbamates (subject to hydrolysis) is 1. The van der Waals surface area contributed by atoms with Crippen molar-refractivity contribution in [2.45, 2.75) is 43.1 Å². The molecule has 21 heteroatoms. The van der Waals surface area contributed by atoms with Crippen LogP contribution >= 0.6 is 11.6 Å². The zero-order valence-electron chi connectivity index (χ0n) is 25.4. The average molecular weight is 744 g/mol. The monoisotopic (exact) mass is 743 g/mol. The Morgan fingerprint density at radius 1 is 1.20 bits per heavy atom. The van der Waals surface area contributed by atoms with E-state index < -0.39 is 77.4 Å². The molecule has 3 unspecified atom stereocenters. The molecule has 1 fully saturated rings. The molecule has 3 N–H and O–H groups in total. The first-order valence-electron chi connectivity index (χ1n) is 14.4. The fourth-order valence-corrected chi connectivity index (χ4v) is 5.98. The number of nitrogens with two attached hydrogens (primary N) is 1. The maximum atomic E-state index is 15.3. The SMILES string of the molecule is CS(=O)n1cc(-c2ccc(C3N=C(N)N(C(COC(=O)NC4(C(F)(F)F)CC4)c4ccc(Cl)c(-n5ncnc5C(F)F)c4)C3=O)cc2F)cn1. The third kappa shape index (κ3) is 6.51. The molecule has 0 saturated heterocycles. The number of carbonyl (C=O) groups excluding carboxylic acids is 2. The normalized spacial score (nSPS) is 18.3. The van der Waals surface area contributed by atoms with Gasteiger partial charge in [-0.3, -0.25) is 9.69 Å². The van der Waals surface area contributed by atoms with E-state index >= 15 is 4.39 Å². The maximum Gasteiger partial charge on any atom is 0.411 e. The molecule has 0 spiro atoms. The topological polar surface area (TPSA) is 163 Å². The summed E-state index contributed by atoms with van der Waals surface area (Å²) in [6, 6.07) is 4.85. The molecule has 2 amide bonds. The highest BCUT2D eigenvalue weighted by atomic mass is 35.5. The van der Waals surface area contributed by atoms with Gasteiger partial charge in [-0.25, -0.2) is 36.8 Å². The molecule has 264 valence electrons. The molecule has 2 aromatic heterocycles. The summed E-state index contributed by atoms with van der Waals surface area (Å²) in [5, 5.41) is 9.46. The van der Waals surface area contributed by atoms with Crippen molar-refractivity contribution in [1.29, 1.82) is 0 Å². The van der Waals surface area contributed by atoms with Gasteiger partial charge < -0.3 is 15.8 Å². The molecule has 3 atom stereocenters. The van der Waals surface area contributed by atoms with E-state index in [9.17, 15) is 35.8 Å². The summed E-state index contributed by atoms with van der Waals surface area (Å²) < 4.78 is 102. The summed E-state index contributed by atoms with van der Waals surface area (Å²) in [7, 11) is -1.49. The Kier molecular flexibility index (Phi) is 9.10. The van der Waals surface area contributed by atoms with Crippen LogP contribution in [0.2, 0.25) is 5.02 Å². The smallest absolute Gasteiger partial charge is 0.411 e. The Bertz CT molecular complexity index is 2030. The van der Waals surface area contributed by atoms with Gasteiger partial charge in [-0.2, -0.15) is 27.5 Å². The Balaban J connectivity index is 1.32. The first-order chi connectivity index (χ1) is 23.6. The Morgan fingerprint density at radius 3 is 2.56 bits per heavy atom. The predicted molar refractivity (Wildman–Crippen MR) is 165 cm³/mol. The van der Waals surface area contributed by atoms with Crippen molar-refractivity contribution in [3.05, 3.63) is 82.9 Å². The van der Waals surface area contributed by atoms with E-state index in [1.807, 2.05) is 5.32 Å². The molecule has 2 aromatic carbocycles. The molecule has 13 nitrogen and oxygen atoms in total. The summed E-state index contributed by atoms with van der Waals surface area (Å²) in [5.74, 6) is -2.80. The van der Waals surface area contributed by atoms with Crippen LogP contribution in [0.5, 0.6) is 0 Å². The van der Waals surface area contributed by atoms with Gasteiger partial charge in [0.25, 0.3) is 12.3 Å². The lowest BCUT2D eigenvalue weighted by Gasteiger charge is -2.29. The number of carbonyl (C=O) groups is 2. The standard InChI is InChI=1S/C29H24ClF6N9O4S/c1-50(48)43-11-16(10-39-43)17-4-2-15(8-19(17)31)22-25(46)44(26(37)41-22)21(12-49-27(47)42-28(6-7-28)29(34,35)36)14-3-5-18(30)20(9-14)45-24(23(32)33)38-13-40-45/h2-5,8-11,13,21-23H,6-7,12H2,1H3,(H2,37,41)(H,42,47). The number of nitrogens with one attached hydrogen (secondary N) is 1. The fraction of sp³-hybridized carbons (Fsp3) is 0.310. The number of amides is 2. The molecule has 0 radical (unpaired) electrons. The Morgan fingerprint density at radius 2 is 1.94 bits per heavy atom. The van der Waals surface area contributed by atoms with Crippen LogP contribution in [0.15, 0.2) is 60.1 Å². The van der Waals surface area contributed by atoms with E-state index in [1.165, 1.54) is 49.0 Å². The largest absolute Gasteiger partial charge is 0.447 e. The van der Waals surface area contributed by atoms with Crippen LogP contribution in [0.3, 0.4) is 0 Å². The zero-order chi connectivity index (χ0) is 36.1. The number of alkyl halides is 5. The molecule has 4 aromatic rings. The van der Waals surface area contributed by atoms with Gasteiger partial charge in [-0.05, 0) is 42.2 Å². The van der Waals surface area contributed by atoms with Crippen LogP contribution in [0.4, 0.5) is 31.1 Å². The second kappa shape index (κ2) is 13.0. The Labute approximate surface area is 285 Å². The second-order valence-corrected chi connectivity index (χ2v) is 12.9. The number of guanidine groups is 1. The lowest BCUT2D eigenvalue weighted by Crippen LogP contribution is -2.49. The van der Waals surface area contributed by atoms with Crippen LogP contribution in [-0.4, -0.2) is 75.6 Å². The molecule has 1 aliphatic carbocycles. The van der Waals surface area contributed by atoms with Crippen molar-refractivity contribution in [3.8, 4) is 16.8 Å². The van der Waals surface area contributed by atoms with Gasteiger partial charge in [0, 0.05) is 23.6 Å². The van der Waals surface area contributed by atoms with Crippen LogP contribution in [0.1, 0.15) is 48.3 Å². The summed E-state index contributed by atoms with van der Waals surface area (Å²) >= 11 is 6.31. The Hall–Kier alpha value is -4.98. The molecule has 3 heterocycles. The summed E-state index contributed by atoms with van der Waals surface area (Å²) in [4.78, 5) is 35.1. The number of hydrogen-bond acceptors (Lipinski definition) is 9. The van der Waals surface area contributed by atoms with Gasteiger partial charge in [0.1, 0.15) is 35.3 Å². The minimum Gasteiger partial charge on any atom is -0.447 e. The van der Waals surface area contributed by atoms with Crippen molar-refractivity contribution < 1.29 is 44.9 Å².